The van der Waals surface area contributed by atoms with E-state index in [2.05, 4.69) is 4.90 Å². The molecular formula is C13H24N2O3. The van der Waals surface area contributed by atoms with Gasteiger partial charge in [0.2, 0.25) is 5.91 Å². The maximum absolute atomic E-state index is 12.1. The molecule has 104 valence electrons. The van der Waals surface area contributed by atoms with Crippen LogP contribution in [0.2, 0.25) is 0 Å². The van der Waals surface area contributed by atoms with Crippen LogP contribution in [-0.4, -0.2) is 72.4 Å². The highest BCUT2D eigenvalue weighted by atomic mass is 16.5. The van der Waals surface area contributed by atoms with Gasteiger partial charge in [-0.25, -0.2) is 0 Å². The van der Waals surface area contributed by atoms with Gasteiger partial charge in [-0.15, -0.1) is 0 Å². The van der Waals surface area contributed by atoms with E-state index in [-0.39, 0.29) is 18.1 Å². The number of hydrogen-bond donors (Lipinski definition) is 1. The maximum atomic E-state index is 12.1. The minimum atomic E-state index is -0.292. The second kappa shape index (κ2) is 6.50. The van der Waals surface area contributed by atoms with Crippen molar-refractivity contribution in [1.82, 2.24) is 9.80 Å². The standard InChI is InChI=1S/C13H24N2O3/c1-11(16)10-14-4-6-15(7-5-14)13(17)9-12-3-2-8-18-12/h11-12,16H,2-10H2,1H3/t11-,12-/m0/s1. The van der Waals surface area contributed by atoms with Crippen LogP contribution in [0.4, 0.5) is 0 Å². The molecule has 18 heavy (non-hydrogen) atoms. The quantitative estimate of drug-likeness (QED) is 0.774. The molecule has 0 aromatic carbocycles. The monoisotopic (exact) mass is 256 g/mol. The number of piperazine rings is 1. The molecule has 0 aromatic heterocycles. The lowest BCUT2D eigenvalue weighted by Gasteiger charge is -2.35. The Kier molecular flexibility index (Phi) is 4.97. The number of ether oxygens (including phenoxy) is 1. The fourth-order valence-electron chi connectivity index (χ4n) is 2.68. The molecule has 5 nitrogen and oxygen atoms in total. The molecule has 2 heterocycles. The van der Waals surface area contributed by atoms with Gasteiger partial charge in [-0.05, 0) is 19.8 Å². The molecule has 2 saturated heterocycles. The summed E-state index contributed by atoms with van der Waals surface area (Å²) in [6.07, 6.45) is 2.50. The third-order valence-corrected chi connectivity index (χ3v) is 3.67. The highest BCUT2D eigenvalue weighted by Gasteiger charge is 2.25. The molecular weight excluding hydrogens is 232 g/mol. The van der Waals surface area contributed by atoms with Crippen LogP contribution in [0.5, 0.6) is 0 Å². The highest BCUT2D eigenvalue weighted by Crippen LogP contribution is 2.17. The molecule has 0 spiro atoms. The lowest BCUT2D eigenvalue weighted by molar-refractivity contribution is -0.135. The smallest absolute Gasteiger partial charge is 0.225 e. The Hall–Kier alpha value is -0.650. The average Bonchev–Trinajstić information content (AvgIpc) is 2.82. The van der Waals surface area contributed by atoms with Gasteiger partial charge in [0.1, 0.15) is 0 Å². The number of amides is 1. The fraction of sp³-hybridized carbons (Fsp3) is 0.923. The van der Waals surface area contributed by atoms with Crippen LogP contribution in [0.1, 0.15) is 26.2 Å². The molecule has 5 heteroatoms. The first kappa shape index (κ1) is 13.8. The SMILES string of the molecule is C[C@H](O)CN1CCN(C(=O)C[C@@H]2CCCO2)CC1. The zero-order valence-electron chi connectivity index (χ0n) is 11.2. The van der Waals surface area contributed by atoms with Crippen LogP contribution < -0.4 is 0 Å². The fourth-order valence-corrected chi connectivity index (χ4v) is 2.68. The van der Waals surface area contributed by atoms with E-state index < -0.39 is 0 Å². The van der Waals surface area contributed by atoms with Crippen LogP contribution in [0.25, 0.3) is 0 Å². The molecule has 0 radical (unpaired) electrons. The van der Waals surface area contributed by atoms with Crippen molar-refractivity contribution in [2.24, 2.45) is 0 Å². The number of rotatable bonds is 4. The predicted molar refractivity (Wildman–Crippen MR) is 68.3 cm³/mol. The van der Waals surface area contributed by atoms with E-state index in [9.17, 15) is 9.90 Å². The van der Waals surface area contributed by atoms with Gasteiger partial charge in [-0.3, -0.25) is 9.69 Å². The number of aliphatic hydroxyl groups is 1. The van der Waals surface area contributed by atoms with E-state index >= 15 is 0 Å². The molecule has 0 unspecified atom stereocenters. The van der Waals surface area contributed by atoms with E-state index in [4.69, 9.17) is 4.74 Å². The first-order chi connectivity index (χ1) is 8.65. The molecule has 2 fully saturated rings. The Labute approximate surface area is 109 Å². The summed E-state index contributed by atoms with van der Waals surface area (Å²) in [5.74, 6) is 0.221. The van der Waals surface area contributed by atoms with Crippen LogP contribution >= 0.6 is 0 Å². The summed E-state index contributed by atoms with van der Waals surface area (Å²) in [5, 5.41) is 9.33. The van der Waals surface area contributed by atoms with Crippen LogP contribution in [-0.2, 0) is 9.53 Å². The molecule has 0 aromatic rings. The molecule has 0 aliphatic carbocycles. The van der Waals surface area contributed by atoms with Crippen molar-refractivity contribution in [3.05, 3.63) is 0 Å². The third-order valence-electron chi connectivity index (χ3n) is 3.67. The molecule has 2 atom stereocenters. The van der Waals surface area contributed by atoms with E-state index in [1.807, 2.05) is 4.90 Å². The van der Waals surface area contributed by atoms with E-state index in [1.54, 1.807) is 6.92 Å². The van der Waals surface area contributed by atoms with Crippen LogP contribution in [0.15, 0.2) is 0 Å². The predicted octanol–water partition coefficient (Wildman–Crippen LogP) is 0.0805. The van der Waals surface area contributed by atoms with E-state index in [0.29, 0.717) is 13.0 Å². The topological polar surface area (TPSA) is 53.0 Å². The normalized spacial score (nSPS) is 27.4. The zero-order valence-corrected chi connectivity index (χ0v) is 11.2. The summed E-state index contributed by atoms with van der Waals surface area (Å²) >= 11 is 0. The Balaban J connectivity index is 1.70. The highest BCUT2D eigenvalue weighted by molar-refractivity contribution is 5.76. The molecule has 2 rings (SSSR count). The van der Waals surface area contributed by atoms with Crippen molar-refractivity contribution in [2.75, 3.05) is 39.3 Å². The van der Waals surface area contributed by atoms with Crippen molar-refractivity contribution in [2.45, 2.75) is 38.4 Å². The largest absolute Gasteiger partial charge is 0.392 e. The molecule has 1 N–H and O–H groups in total. The average molecular weight is 256 g/mol. The Bertz CT molecular complexity index is 269. The maximum Gasteiger partial charge on any atom is 0.225 e. The van der Waals surface area contributed by atoms with E-state index in [0.717, 1.165) is 45.6 Å². The molecule has 0 saturated carbocycles. The summed E-state index contributed by atoms with van der Waals surface area (Å²) in [5.41, 5.74) is 0. The Morgan fingerprint density at radius 1 is 1.39 bits per heavy atom. The molecule has 2 aliphatic rings. The number of nitrogens with zero attached hydrogens (tertiary/aromatic N) is 2. The first-order valence-electron chi connectivity index (χ1n) is 6.95. The number of carbonyl (C=O) groups excluding carboxylic acids is 1. The van der Waals surface area contributed by atoms with Crippen molar-refractivity contribution >= 4 is 5.91 Å². The van der Waals surface area contributed by atoms with Gasteiger partial charge in [-0.1, -0.05) is 0 Å². The Morgan fingerprint density at radius 2 is 2.11 bits per heavy atom. The summed E-state index contributed by atoms with van der Waals surface area (Å²) in [6.45, 7) is 6.59. The van der Waals surface area contributed by atoms with Gasteiger partial charge >= 0.3 is 0 Å². The van der Waals surface area contributed by atoms with Gasteiger partial charge in [-0.2, -0.15) is 0 Å². The Morgan fingerprint density at radius 3 is 2.67 bits per heavy atom. The number of aliphatic hydroxyl groups excluding tert-OH is 1. The third kappa shape index (κ3) is 3.93. The number of hydrogen-bond acceptors (Lipinski definition) is 4. The lowest BCUT2D eigenvalue weighted by Crippen LogP contribution is -2.50. The van der Waals surface area contributed by atoms with Crippen LogP contribution in [0, 0.1) is 0 Å². The van der Waals surface area contributed by atoms with Crippen molar-refractivity contribution in [3.8, 4) is 0 Å². The van der Waals surface area contributed by atoms with Crippen molar-refractivity contribution < 1.29 is 14.6 Å². The first-order valence-corrected chi connectivity index (χ1v) is 6.95. The number of carbonyl (C=O) groups is 1. The van der Waals surface area contributed by atoms with Crippen LogP contribution in [0.3, 0.4) is 0 Å². The number of β-amino-alcohol motifs (C(OH)–C–C–N with tert-alkyl or cyclic N) is 1. The summed E-state index contributed by atoms with van der Waals surface area (Å²) in [6, 6.07) is 0. The molecule has 2 aliphatic heterocycles. The van der Waals surface area contributed by atoms with Gasteiger partial charge in [0.15, 0.2) is 0 Å². The zero-order chi connectivity index (χ0) is 13.0. The summed E-state index contributed by atoms with van der Waals surface area (Å²) < 4.78 is 5.50. The van der Waals surface area contributed by atoms with Gasteiger partial charge < -0.3 is 14.7 Å². The van der Waals surface area contributed by atoms with Gasteiger partial charge in [0, 0.05) is 39.3 Å². The molecule has 0 bridgehead atoms. The second-order valence-electron chi connectivity index (χ2n) is 5.37. The summed E-state index contributed by atoms with van der Waals surface area (Å²) in [4.78, 5) is 16.2. The van der Waals surface area contributed by atoms with Gasteiger partial charge in [0.25, 0.3) is 0 Å². The van der Waals surface area contributed by atoms with Crippen molar-refractivity contribution in [1.29, 1.82) is 0 Å². The van der Waals surface area contributed by atoms with E-state index in [1.165, 1.54) is 0 Å². The summed E-state index contributed by atoms with van der Waals surface area (Å²) in [7, 11) is 0. The minimum absolute atomic E-state index is 0.146. The van der Waals surface area contributed by atoms with Crippen molar-refractivity contribution in [3.63, 3.8) is 0 Å². The molecule has 1 amide bonds. The minimum Gasteiger partial charge on any atom is -0.392 e. The van der Waals surface area contributed by atoms with Gasteiger partial charge in [0.05, 0.1) is 18.6 Å². The second-order valence-corrected chi connectivity index (χ2v) is 5.37. The lowest BCUT2D eigenvalue weighted by atomic mass is 10.1.